The van der Waals surface area contributed by atoms with Crippen molar-refractivity contribution in [3.8, 4) is 5.75 Å². The summed E-state index contributed by atoms with van der Waals surface area (Å²) in [6.07, 6.45) is 0. The second-order valence-corrected chi connectivity index (χ2v) is 4.25. The third-order valence-electron chi connectivity index (χ3n) is 2.24. The third kappa shape index (κ3) is 2.23. The summed E-state index contributed by atoms with van der Waals surface area (Å²) in [5, 5.41) is 15.8. The molecule has 0 bridgehead atoms. The number of carbonyl (C=O) groups is 1. The van der Waals surface area contributed by atoms with E-state index in [2.05, 4.69) is 5.32 Å². The molecule has 82 valence electrons. The molecule has 0 aliphatic rings. The van der Waals surface area contributed by atoms with Gasteiger partial charge in [0.05, 0.1) is 5.56 Å². The van der Waals surface area contributed by atoms with Crippen molar-refractivity contribution in [3.05, 3.63) is 46.2 Å². The number of aromatic hydroxyl groups is 1. The number of hydrogen-bond acceptors (Lipinski definition) is 3. The first-order chi connectivity index (χ1) is 7.66. The van der Waals surface area contributed by atoms with E-state index in [-0.39, 0.29) is 11.7 Å². The van der Waals surface area contributed by atoms with E-state index in [1.54, 1.807) is 36.6 Å². The van der Waals surface area contributed by atoms with Crippen LogP contribution in [0.4, 0.5) is 5.69 Å². The summed E-state index contributed by atoms with van der Waals surface area (Å²) in [6.45, 7) is 1.79. The molecular formula is C12H11NO2S. The fourth-order valence-corrected chi connectivity index (χ4v) is 1.97. The first-order valence-corrected chi connectivity index (χ1v) is 5.74. The number of aryl methyl sites for hydroxylation is 1. The van der Waals surface area contributed by atoms with Gasteiger partial charge >= 0.3 is 0 Å². The fourth-order valence-electron chi connectivity index (χ4n) is 1.33. The molecule has 3 nitrogen and oxygen atoms in total. The Morgan fingerprint density at radius 3 is 2.81 bits per heavy atom. The van der Waals surface area contributed by atoms with Gasteiger partial charge in [0.1, 0.15) is 5.75 Å². The first-order valence-electron chi connectivity index (χ1n) is 4.80. The number of benzene rings is 1. The van der Waals surface area contributed by atoms with Crippen LogP contribution in [0.1, 0.15) is 15.9 Å². The highest BCUT2D eigenvalue weighted by atomic mass is 32.1. The van der Waals surface area contributed by atoms with Gasteiger partial charge in [0.25, 0.3) is 5.91 Å². The lowest BCUT2D eigenvalue weighted by Crippen LogP contribution is -2.10. The molecule has 4 heteroatoms. The lowest BCUT2D eigenvalue weighted by molar-refractivity contribution is 0.102. The van der Waals surface area contributed by atoms with E-state index in [0.717, 1.165) is 5.56 Å². The summed E-state index contributed by atoms with van der Waals surface area (Å²) >= 11 is 1.48. The molecule has 1 aromatic carbocycles. The molecule has 0 atom stereocenters. The minimum atomic E-state index is -0.133. The molecule has 2 N–H and O–H groups in total. The van der Waals surface area contributed by atoms with Crippen molar-refractivity contribution in [1.29, 1.82) is 0 Å². The molecule has 16 heavy (non-hydrogen) atoms. The van der Waals surface area contributed by atoms with Crippen LogP contribution in [0.2, 0.25) is 0 Å². The summed E-state index contributed by atoms with van der Waals surface area (Å²) < 4.78 is 0. The molecular weight excluding hydrogens is 222 g/mol. The Balaban J connectivity index is 2.15. The Labute approximate surface area is 97.4 Å². The maximum atomic E-state index is 11.7. The normalized spacial score (nSPS) is 10.1. The highest BCUT2D eigenvalue weighted by molar-refractivity contribution is 7.08. The van der Waals surface area contributed by atoms with Gasteiger partial charge in [-0.25, -0.2) is 0 Å². The van der Waals surface area contributed by atoms with Crippen molar-refractivity contribution in [1.82, 2.24) is 0 Å². The van der Waals surface area contributed by atoms with Crippen LogP contribution in [0.25, 0.3) is 0 Å². The lowest BCUT2D eigenvalue weighted by atomic mass is 10.2. The van der Waals surface area contributed by atoms with Gasteiger partial charge in [0.15, 0.2) is 0 Å². The van der Waals surface area contributed by atoms with E-state index < -0.39 is 0 Å². The molecule has 0 saturated carbocycles. The molecule has 0 fully saturated rings. The molecule has 0 unspecified atom stereocenters. The summed E-state index contributed by atoms with van der Waals surface area (Å²) in [5.74, 6) is 0.0971. The zero-order valence-electron chi connectivity index (χ0n) is 8.73. The Kier molecular flexibility index (Phi) is 2.92. The SMILES string of the molecule is Cc1cc(NC(=O)c2ccsc2)ccc1O. The molecule has 1 amide bonds. The van der Waals surface area contributed by atoms with Gasteiger partial charge in [0, 0.05) is 11.1 Å². The molecule has 1 heterocycles. The Hall–Kier alpha value is -1.81. The smallest absolute Gasteiger partial charge is 0.256 e. The molecule has 0 spiro atoms. The Bertz CT molecular complexity index is 506. The zero-order chi connectivity index (χ0) is 11.5. The number of rotatable bonds is 2. The van der Waals surface area contributed by atoms with Gasteiger partial charge in [-0.2, -0.15) is 11.3 Å². The van der Waals surface area contributed by atoms with Crippen LogP contribution >= 0.6 is 11.3 Å². The van der Waals surface area contributed by atoms with E-state index >= 15 is 0 Å². The zero-order valence-corrected chi connectivity index (χ0v) is 9.54. The van der Waals surface area contributed by atoms with Gasteiger partial charge in [-0.1, -0.05) is 0 Å². The van der Waals surface area contributed by atoms with E-state index in [9.17, 15) is 9.90 Å². The van der Waals surface area contributed by atoms with Gasteiger partial charge in [-0.05, 0) is 42.1 Å². The molecule has 2 aromatic rings. The molecule has 2 rings (SSSR count). The second kappa shape index (κ2) is 4.37. The first kappa shape index (κ1) is 10.7. The van der Waals surface area contributed by atoms with Crippen molar-refractivity contribution in [3.63, 3.8) is 0 Å². The van der Waals surface area contributed by atoms with Gasteiger partial charge < -0.3 is 10.4 Å². The van der Waals surface area contributed by atoms with Crippen LogP contribution in [-0.2, 0) is 0 Å². The number of hydrogen-bond donors (Lipinski definition) is 2. The molecule has 1 aromatic heterocycles. The number of nitrogens with one attached hydrogen (secondary N) is 1. The van der Waals surface area contributed by atoms with Crippen molar-refractivity contribution >= 4 is 22.9 Å². The average Bonchev–Trinajstić information content (AvgIpc) is 2.77. The standard InChI is InChI=1S/C12H11NO2S/c1-8-6-10(2-3-11(8)14)13-12(15)9-4-5-16-7-9/h2-7,14H,1H3,(H,13,15). The van der Waals surface area contributed by atoms with Crippen molar-refractivity contribution in [2.24, 2.45) is 0 Å². The quantitative estimate of drug-likeness (QED) is 0.783. The molecule has 0 saturated heterocycles. The number of phenols is 1. The maximum absolute atomic E-state index is 11.7. The van der Waals surface area contributed by atoms with Crippen molar-refractivity contribution in [2.45, 2.75) is 6.92 Å². The van der Waals surface area contributed by atoms with E-state index in [4.69, 9.17) is 0 Å². The van der Waals surface area contributed by atoms with Crippen molar-refractivity contribution < 1.29 is 9.90 Å². The maximum Gasteiger partial charge on any atom is 0.256 e. The topological polar surface area (TPSA) is 49.3 Å². The molecule has 0 radical (unpaired) electrons. The number of thiophene rings is 1. The van der Waals surface area contributed by atoms with Crippen LogP contribution in [0.3, 0.4) is 0 Å². The Morgan fingerprint density at radius 2 is 2.19 bits per heavy atom. The minimum absolute atomic E-state index is 0.133. The van der Waals surface area contributed by atoms with Gasteiger partial charge in [0.2, 0.25) is 0 Å². The predicted octanol–water partition coefficient (Wildman–Crippen LogP) is 3.01. The van der Waals surface area contributed by atoms with Crippen LogP contribution in [0.15, 0.2) is 35.0 Å². The van der Waals surface area contributed by atoms with E-state index in [1.807, 2.05) is 5.38 Å². The second-order valence-electron chi connectivity index (χ2n) is 3.47. The number of amides is 1. The number of phenolic OH excluding ortho intramolecular Hbond substituents is 1. The summed E-state index contributed by atoms with van der Waals surface area (Å²) in [6, 6.07) is 6.75. The van der Waals surface area contributed by atoms with Crippen LogP contribution < -0.4 is 5.32 Å². The van der Waals surface area contributed by atoms with E-state index in [0.29, 0.717) is 11.3 Å². The minimum Gasteiger partial charge on any atom is -0.508 e. The average molecular weight is 233 g/mol. The van der Waals surface area contributed by atoms with Crippen LogP contribution in [0, 0.1) is 6.92 Å². The highest BCUT2D eigenvalue weighted by Crippen LogP contribution is 2.20. The molecule has 0 aliphatic carbocycles. The van der Waals surface area contributed by atoms with E-state index in [1.165, 1.54) is 11.3 Å². The van der Waals surface area contributed by atoms with Gasteiger partial charge in [-0.3, -0.25) is 4.79 Å². The fraction of sp³-hybridized carbons (Fsp3) is 0.0833. The molecule has 0 aliphatic heterocycles. The van der Waals surface area contributed by atoms with Crippen molar-refractivity contribution in [2.75, 3.05) is 5.32 Å². The highest BCUT2D eigenvalue weighted by Gasteiger charge is 2.06. The third-order valence-corrected chi connectivity index (χ3v) is 2.92. The summed E-state index contributed by atoms with van der Waals surface area (Å²) in [4.78, 5) is 11.7. The van der Waals surface area contributed by atoms with Crippen LogP contribution in [-0.4, -0.2) is 11.0 Å². The predicted molar refractivity (Wildman–Crippen MR) is 65.1 cm³/mol. The van der Waals surface area contributed by atoms with Crippen LogP contribution in [0.5, 0.6) is 5.75 Å². The summed E-state index contributed by atoms with van der Waals surface area (Å²) in [5.41, 5.74) is 2.07. The van der Waals surface area contributed by atoms with Gasteiger partial charge in [-0.15, -0.1) is 0 Å². The largest absolute Gasteiger partial charge is 0.508 e. The Morgan fingerprint density at radius 1 is 1.38 bits per heavy atom. The monoisotopic (exact) mass is 233 g/mol. The number of anilines is 1. The summed E-state index contributed by atoms with van der Waals surface area (Å²) in [7, 11) is 0. The lowest BCUT2D eigenvalue weighted by Gasteiger charge is -2.05. The number of carbonyl (C=O) groups excluding carboxylic acids is 1.